The average Bonchev–Trinajstić information content (AvgIpc) is 3.42. The predicted molar refractivity (Wildman–Crippen MR) is 118 cm³/mol. The monoisotopic (exact) mass is 434 g/mol. The Labute approximate surface area is 175 Å². The quantitative estimate of drug-likeness (QED) is 0.530. The first-order valence-electron chi connectivity index (χ1n) is 8.48. The molecule has 3 aromatic rings. The SMILES string of the molecule is CC(C(=O)Nc1cccc(C2SCCS2)c1)n1c(-c2cccs2)n[nH]c1=S. The summed E-state index contributed by atoms with van der Waals surface area (Å²) < 4.78 is 2.66. The predicted octanol–water partition coefficient (Wildman–Crippen LogP) is 5.35. The third-order valence-electron chi connectivity index (χ3n) is 4.26. The molecule has 9 heteroatoms. The average molecular weight is 435 g/mol. The van der Waals surface area contributed by atoms with Crippen LogP contribution in [0.4, 0.5) is 5.69 Å². The molecule has 0 radical (unpaired) electrons. The number of nitrogens with zero attached hydrogens (tertiary/aromatic N) is 2. The van der Waals surface area contributed by atoms with E-state index in [1.165, 1.54) is 17.1 Å². The molecule has 1 aliphatic rings. The van der Waals surface area contributed by atoms with Gasteiger partial charge in [0, 0.05) is 17.2 Å². The van der Waals surface area contributed by atoms with Crippen molar-refractivity contribution in [2.24, 2.45) is 0 Å². The summed E-state index contributed by atoms with van der Waals surface area (Å²) in [6, 6.07) is 11.6. The van der Waals surface area contributed by atoms with Crippen molar-refractivity contribution in [1.82, 2.24) is 14.8 Å². The van der Waals surface area contributed by atoms with Gasteiger partial charge in [0.25, 0.3) is 0 Å². The lowest BCUT2D eigenvalue weighted by Gasteiger charge is -2.16. The number of amides is 1. The van der Waals surface area contributed by atoms with Crippen molar-refractivity contribution in [2.75, 3.05) is 16.8 Å². The highest BCUT2D eigenvalue weighted by Crippen LogP contribution is 2.45. The minimum absolute atomic E-state index is 0.116. The van der Waals surface area contributed by atoms with E-state index in [4.69, 9.17) is 12.2 Å². The molecule has 0 aliphatic carbocycles. The molecule has 0 spiro atoms. The van der Waals surface area contributed by atoms with Crippen LogP contribution >= 0.6 is 47.1 Å². The number of benzene rings is 1. The standard InChI is InChI=1S/C18H18N4OS4/c1-11(22-15(20-21-18(22)24)14-6-3-7-25-14)16(23)19-13-5-2-4-12(10-13)17-26-8-9-27-17/h2-7,10-11,17H,8-9H2,1H3,(H,19,23)(H,21,24). The zero-order valence-electron chi connectivity index (χ0n) is 14.5. The molecule has 1 unspecified atom stereocenters. The summed E-state index contributed by atoms with van der Waals surface area (Å²) in [5.74, 6) is 2.92. The lowest BCUT2D eigenvalue weighted by atomic mass is 10.2. The number of rotatable bonds is 5. The zero-order chi connectivity index (χ0) is 18.8. The Kier molecular flexibility index (Phi) is 5.72. The lowest BCUT2D eigenvalue weighted by molar-refractivity contribution is -0.118. The van der Waals surface area contributed by atoms with Crippen LogP contribution in [0.3, 0.4) is 0 Å². The Morgan fingerprint density at radius 1 is 1.33 bits per heavy atom. The maximum absolute atomic E-state index is 12.9. The molecule has 2 aromatic heterocycles. The number of carbonyl (C=O) groups excluding carboxylic acids is 1. The van der Waals surface area contributed by atoms with Crippen LogP contribution in [0.5, 0.6) is 0 Å². The highest BCUT2D eigenvalue weighted by atomic mass is 32.2. The topological polar surface area (TPSA) is 62.7 Å². The van der Waals surface area contributed by atoms with E-state index < -0.39 is 6.04 Å². The molecule has 1 atom stereocenters. The fourth-order valence-electron chi connectivity index (χ4n) is 2.92. The lowest BCUT2D eigenvalue weighted by Crippen LogP contribution is -2.24. The molecular formula is C18H18N4OS4. The van der Waals surface area contributed by atoms with Crippen molar-refractivity contribution in [3.8, 4) is 10.7 Å². The van der Waals surface area contributed by atoms with Crippen LogP contribution in [0.2, 0.25) is 0 Å². The van der Waals surface area contributed by atoms with Crippen LogP contribution in [0.25, 0.3) is 10.7 Å². The van der Waals surface area contributed by atoms with E-state index >= 15 is 0 Å². The molecule has 5 nitrogen and oxygen atoms in total. The Hall–Kier alpha value is -1.55. The second-order valence-electron chi connectivity index (χ2n) is 6.06. The highest BCUT2D eigenvalue weighted by Gasteiger charge is 2.22. The Balaban J connectivity index is 1.55. The summed E-state index contributed by atoms with van der Waals surface area (Å²) in [5.41, 5.74) is 2.05. The van der Waals surface area contributed by atoms with Gasteiger partial charge < -0.3 is 5.32 Å². The molecule has 0 bridgehead atoms. The van der Waals surface area contributed by atoms with Crippen LogP contribution in [0, 0.1) is 4.77 Å². The summed E-state index contributed by atoms with van der Waals surface area (Å²) in [5, 5.41) is 12.1. The van der Waals surface area contributed by atoms with E-state index in [-0.39, 0.29) is 5.91 Å². The third-order valence-corrected chi connectivity index (χ3v) is 8.52. The van der Waals surface area contributed by atoms with E-state index in [2.05, 4.69) is 27.6 Å². The van der Waals surface area contributed by atoms with Crippen LogP contribution in [-0.2, 0) is 4.79 Å². The van der Waals surface area contributed by atoms with Crippen molar-refractivity contribution < 1.29 is 4.79 Å². The summed E-state index contributed by atoms with van der Waals surface area (Å²) in [6.07, 6.45) is 0. The van der Waals surface area contributed by atoms with Crippen LogP contribution < -0.4 is 5.32 Å². The number of thioether (sulfide) groups is 2. The fraction of sp³-hybridized carbons (Fsp3) is 0.278. The number of anilines is 1. The molecule has 1 saturated heterocycles. The number of hydrogen-bond acceptors (Lipinski definition) is 6. The number of aromatic nitrogens is 3. The first-order valence-corrected chi connectivity index (χ1v) is 11.9. The van der Waals surface area contributed by atoms with Crippen LogP contribution in [0.15, 0.2) is 41.8 Å². The molecule has 27 heavy (non-hydrogen) atoms. The van der Waals surface area contributed by atoms with Gasteiger partial charge in [-0.25, -0.2) is 0 Å². The number of aromatic amines is 1. The van der Waals surface area contributed by atoms with Gasteiger partial charge in [-0.05, 0) is 48.3 Å². The molecule has 3 heterocycles. The first-order chi connectivity index (χ1) is 13.1. The number of nitrogens with one attached hydrogen (secondary N) is 2. The van der Waals surface area contributed by atoms with E-state index in [1.807, 2.05) is 60.1 Å². The summed E-state index contributed by atoms with van der Waals surface area (Å²) in [4.78, 5) is 13.9. The number of carbonyl (C=O) groups is 1. The minimum Gasteiger partial charge on any atom is -0.324 e. The van der Waals surface area contributed by atoms with Crippen molar-refractivity contribution in [3.05, 3.63) is 52.1 Å². The van der Waals surface area contributed by atoms with Gasteiger partial charge in [0.1, 0.15) is 6.04 Å². The van der Waals surface area contributed by atoms with Crippen molar-refractivity contribution in [2.45, 2.75) is 17.5 Å². The zero-order valence-corrected chi connectivity index (χ0v) is 17.8. The van der Waals surface area contributed by atoms with Crippen LogP contribution in [-0.4, -0.2) is 32.2 Å². The molecule has 0 saturated carbocycles. The molecule has 1 aromatic carbocycles. The molecule has 1 amide bonds. The Morgan fingerprint density at radius 2 is 2.15 bits per heavy atom. The second-order valence-corrected chi connectivity index (χ2v) is 10.1. The second kappa shape index (κ2) is 8.22. The van der Waals surface area contributed by atoms with E-state index in [1.54, 1.807) is 15.9 Å². The highest BCUT2D eigenvalue weighted by molar-refractivity contribution is 8.19. The maximum atomic E-state index is 12.9. The van der Waals surface area contributed by atoms with Gasteiger partial charge in [-0.15, -0.1) is 34.9 Å². The third kappa shape index (κ3) is 4.01. The van der Waals surface area contributed by atoms with Gasteiger partial charge in [-0.3, -0.25) is 14.5 Å². The van der Waals surface area contributed by atoms with E-state index in [0.29, 0.717) is 15.2 Å². The summed E-state index contributed by atoms with van der Waals surface area (Å²) in [6.45, 7) is 1.84. The molecule has 140 valence electrons. The largest absolute Gasteiger partial charge is 0.324 e. The molecule has 1 aliphatic heterocycles. The molecular weight excluding hydrogens is 416 g/mol. The molecule has 1 fully saturated rings. The summed E-state index contributed by atoms with van der Waals surface area (Å²) in [7, 11) is 0. The van der Waals surface area contributed by atoms with Gasteiger partial charge in [0.2, 0.25) is 5.91 Å². The number of thiophene rings is 1. The number of H-pyrrole nitrogens is 1. The van der Waals surface area contributed by atoms with E-state index in [9.17, 15) is 4.79 Å². The van der Waals surface area contributed by atoms with Gasteiger partial charge in [-0.2, -0.15) is 5.10 Å². The van der Waals surface area contributed by atoms with Gasteiger partial charge >= 0.3 is 0 Å². The van der Waals surface area contributed by atoms with Crippen molar-refractivity contribution in [3.63, 3.8) is 0 Å². The smallest absolute Gasteiger partial charge is 0.247 e. The summed E-state index contributed by atoms with van der Waals surface area (Å²) >= 11 is 10.8. The van der Waals surface area contributed by atoms with E-state index in [0.717, 1.165) is 10.6 Å². The number of hydrogen-bond donors (Lipinski definition) is 2. The Bertz CT molecular complexity index is 989. The van der Waals surface area contributed by atoms with Crippen molar-refractivity contribution >= 4 is 58.7 Å². The minimum atomic E-state index is -0.479. The maximum Gasteiger partial charge on any atom is 0.247 e. The van der Waals surface area contributed by atoms with Crippen molar-refractivity contribution in [1.29, 1.82) is 0 Å². The fourth-order valence-corrected chi connectivity index (χ4v) is 6.76. The normalized spacial score (nSPS) is 15.7. The Morgan fingerprint density at radius 3 is 2.89 bits per heavy atom. The molecule has 4 rings (SSSR count). The van der Waals surface area contributed by atoms with Gasteiger partial charge in [0.15, 0.2) is 10.6 Å². The van der Waals surface area contributed by atoms with Gasteiger partial charge in [-0.1, -0.05) is 18.2 Å². The molecule has 2 N–H and O–H groups in total. The van der Waals surface area contributed by atoms with Gasteiger partial charge in [0.05, 0.1) is 9.46 Å². The first kappa shape index (κ1) is 18.8. The van der Waals surface area contributed by atoms with Crippen LogP contribution in [0.1, 0.15) is 23.1 Å².